The maximum absolute atomic E-state index is 13.5. The maximum atomic E-state index is 13.5. The number of allylic oxidation sites excluding steroid dienone is 3. The van der Waals surface area contributed by atoms with Gasteiger partial charge in [-0.15, -0.1) is 0 Å². The van der Waals surface area contributed by atoms with Crippen molar-refractivity contribution in [2.24, 2.45) is 5.10 Å². The average molecular weight is 610 g/mol. The van der Waals surface area contributed by atoms with E-state index in [-0.39, 0.29) is 30.4 Å². The number of carbonyl (C=O) groups excluding carboxylic acids is 2. The molecular formula is C34H35N5O6. The number of hydrogen-bond donors (Lipinski definition) is 3. The Morgan fingerprint density at radius 3 is 2.44 bits per heavy atom. The van der Waals surface area contributed by atoms with E-state index < -0.39 is 16.8 Å². The molecule has 0 radical (unpaired) electrons. The number of ether oxygens (including phenoxy) is 2. The van der Waals surface area contributed by atoms with E-state index in [0.29, 0.717) is 48.5 Å². The van der Waals surface area contributed by atoms with Gasteiger partial charge >= 0.3 is 5.97 Å². The molecule has 1 amide bonds. The van der Waals surface area contributed by atoms with Gasteiger partial charge in [-0.3, -0.25) is 14.9 Å². The highest BCUT2D eigenvalue weighted by molar-refractivity contribution is 6.04. The molecule has 3 aromatic rings. The minimum absolute atomic E-state index is 0.0815. The Kier molecular flexibility index (Phi) is 9.88. The summed E-state index contributed by atoms with van der Waals surface area (Å²) in [5, 5.41) is 22.8. The number of hydrogen-bond acceptors (Lipinski definition) is 9. The van der Waals surface area contributed by atoms with Gasteiger partial charge in [0.15, 0.2) is 0 Å². The normalized spacial score (nSPS) is 16.4. The van der Waals surface area contributed by atoms with Crippen LogP contribution in [0.4, 0.5) is 5.69 Å². The highest BCUT2D eigenvalue weighted by Gasteiger charge is 2.42. The van der Waals surface area contributed by atoms with Crippen LogP contribution >= 0.6 is 0 Å². The van der Waals surface area contributed by atoms with Gasteiger partial charge < -0.3 is 20.1 Å². The Balaban J connectivity index is 1.24. The first kappa shape index (κ1) is 31.0. The number of anilines is 1. The van der Waals surface area contributed by atoms with Gasteiger partial charge in [0.25, 0.3) is 5.70 Å². The van der Waals surface area contributed by atoms with Crippen molar-refractivity contribution >= 4 is 23.3 Å². The highest BCUT2D eigenvalue weighted by atomic mass is 16.6. The van der Waals surface area contributed by atoms with Crippen LogP contribution in [0, 0.1) is 10.1 Å². The quantitative estimate of drug-likeness (QED) is 0.107. The summed E-state index contributed by atoms with van der Waals surface area (Å²) in [6.45, 7) is 4.27. The van der Waals surface area contributed by atoms with Gasteiger partial charge in [0, 0.05) is 36.3 Å². The Morgan fingerprint density at radius 1 is 1.00 bits per heavy atom. The van der Waals surface area contributed by atoms with E-state index in [4.69, 9.17) is 9.47 Å². The van der Waals surface area contributed by atoms with Crippen molar-refractivity contribution in [1.29, 1.82) is 0 Å². The van der Waals surface area contributed by atoms with Gasteiger partial charge in [0.05, 0.1) is 28.5 Å². The van der Waals surface area contributed by atoms with E-state index in [1.165, 1.54) is 0 Å². The van der Waals surface area contributed by atoms with E-state index in [0.717, 1.165) is 22.5 Å². The van der Waals surface area contributed by atoms with Crippen LogP contribution in [0.25, 0.3) is 0 Å². The molecule has 2 aliphatic heterocycles. The van der Waals surface area contributed by atoms with Crippen LogP contribution in [-0.2, 0) is 20.9 Å². The van der Waals surface area contributed by atoms with Gasteiger partial charge in [-0.1, -0.05) is 60.7 Å². The lowest BCUT2D eigenvalue weighted by Crippen LogP contribution is -2.32. The number of dihydropyridines is 1. The summed E-state index contributed by atoms with van der Waals surface area (Å²) >= 11 is 0. The number of para-hydroxylation sites is 1. The number of hydrazone groups is 1. The van der Waals surface area contributed by atoms with E-state index in [1.54, 1.807) is 38.1 Å². The predicted octanol–water partition coefficient (Wildman–Crippen LogP) is 5.39. The zero-order valence-corrected chi connectivity index (χ0v) is 25.2. The summed E-state index contributed by atoms with van der Waals surface area (Å²) in [4.78, 5) is 36.7. The number of esters is 1. The Morgan fingerprint density at radius 2 is 1.73 bits per heavy atom. The van der Waals surface area contributed by atoms with E-state index in [1.807, 2.05) is 54.6 Å². The van der Waals surface area contributed by atoms with Gasteiger partial charge in [-0.25, -0.2) is 10.2 Å². The molecule has 1 atom stereocenters. The van der Waals surface area contributed by atoms with E-state index >= 15 is 0 Å². The van der Waals surface area contributed by atoms with Gasteiger partial charge in [0.1, 0.15) is 18.3 Å². The fraction of sp³-hybridized carbons (Fsp3) is 0.265. The minimum atomic E-state index is -0.987. The summed E-state index contributed by atoms with van der Waals surface area (Å²) in [7, 11) is 0. The van der Waals surface area contributed by atoms with Crippen molar-refractivity contribution in [1.82, 2.24) is 10.7 Å². The van der Waals surface area contributed by atoms with Crippen LogP contribution in [-0.4, -0.2) is 35.7 Å². The molecule has 0 spiro atoms. The second-order valence-corrected chi connectivity index (χ2v) is 10.8. The van der Waals surface area contributed by atoms with Gasteiger partial charge in [0.2, 0.25) is 5.91 Å². The third-order valence-corrected chi connectivity index (χ3v) is 7.62. The molecule has 0 saturated heterocycles. The summed E-state index contributed by atoms with van der Waals surface area (Å²) in [6.07, 6.45) is 1.54. The molecule has 3 N–H and O–H groups in total. The lowest BCUT2D eigenvalue weighted by Gasteiger charge is -2.27. The Hall–Kier alpha value is -5.45. The molecule has 11 nitrogen and oxygen atoms in total. The molecule has 5 rings (SSSR count). The third kappa shape index (κ3) is 7.56. The van der Waals surface area contributed by atoms with Crippen LogP contribution in [0.2, 0.25) is 0 Å². The lowest BCUT2D eigenvalue weighted by molar-refractivity contribution is -0.431. The molecule has 0 saturated carbocycles. The fourth-order valence-electron chi connectivity index (χ4n) is 5.39. The first-order valence-electron chi connectivity index (χ1n) is 14.8. The Labute approximate surface area is 261 Å². The van der Waals surface area contributed by atoms with Crippen LogP contribution in [0.3, 0.4) is 0 Å². The summed E-state index contributed by atoms with van der Waals surface area (Å²) in [5.41, 5.74) is 7.53. The Bertz CT molecular complexity index is 1660. The molecular weight excluding hydrogens is 574 g/mol. The fourth-order valence-corrected chi connectivity index (χ4v) is 5.39. The number of nitrogens with zero attached hydrogens (tertiary/aromatic N) is 2. The number of nitrogens with one attached hydrogen (secondary N) is 3. The largest absolute Gasteiger partial charge is 0.489 e. The summed E-state index contributed by atoms with van der Waals surface area (Å²) < 4.78 is 11.8. The van der Waals surface area contributed by atoms with Crippen LogP contribution in [0.15, 0.2) is 107 Å². The molecule has 0 aromatic heterocycles. The monoisotopic (exact) mass is 609 g/mol. The first-order chi connectivity index (χ1) is 21.8. The standard InChI is InChI=1S/C34H35N5O6/c1-22-31(34(41)44-20-8-19-35-26-15-13-25(14-16-26)28-17-18-30(40)38-37-28)32(33(39(42)43)23(2)36-22)27-11-6-7-12-29(27)45-21-24-9-4-3-5-10-24/h3-7,9-16,32,35-36H,8,17-21H2,1-2H3,(H,38,40). The second kappa shape index (κ2) is 14.3. The zero-order chi connectivity index (χ0) is 31.8. The van der Waals surface area contributed by atoms with Crippen LogP contribution < -0.4 is 20.8 Å². The molecule has 3 aromatic carbocycles. The van der Waals surface area contributed by atoms with Crippen molar-refractivity contribution in [2.75, 3.05) is 18.5 Å². The molecule has 1 unspecified atom stereocenters. The molecule has 0 bridgehead atoms. The number of carbonyl (C=O) groups is 2. The SMILES string of the molecule is CC1=C(C(=O)OCCCNc2ccc(C3=NNC(=O)CC3)cc2)C(c2ccccc2OCc2ccccc2)C([N+](=O)[O-])=C(C)N1. The van der Waals surface area contributed by atoms with Gasteiger partial charge in [-0.05, 0) is 49.6 Å². The van der Waals surface area contributed by atoms with Crippen LogP contribution in [0.5, 0.6) is 5.75 Å². The number of nitro groups is 1. The summed E-state index contributed by atoms with van der Waals surface area (Å²) in [6, 6.07) is 24.4. The molecule has 2 aliphatic rings. The molecule has 2 heterocycles. The highest BCUT2D eigenvalue weighted by Crippen LogP contribution is 2.42. The van der Waals surface area contributed by atoms with E-state index in [2.05, 4.69) is 21.2 Å². The third-order valence-electron chi connectivity index (χ3n) is 7.62. The molecule has 232 valence electrons. The topological polar surface area (TPSA) is 144 Å². The predicted molar refractivity (Wildman–Crippen MR) is 170 cm³/mol. The zero-order valence-electron chi connectivity index (χ0n) is 25.2. The summed E-state index contributed by atoms with van der Waals surface area (Å²) in [5.74, 6) is -1.24. The second-order valence-electron chi connectivity index (χ2n) is 10.8. The number of rotatable bonds is 12. The van der Waals surface area contributed by atoms with Crippen molar-refractivity contribution in [2.45, 2.75) is 45.6 Å². The molecule has 0 fully saturated rings. The smallest absolute Gasteiger partial charge is 0.336 e. The lowest BCUT2D eigenvalue weighted by atomic mass is 9.83. The number of amides is 1. The van der Waals surface area contributed by atoms with E-state index in [9.17, 15) is 19.7 Å². The average Bonchev–Trinajstić information content (AvgIpc) is 3.04. The van der Waals surface area contributed by atoms with Crippen molar-refractivity contribution < 1.29 is 24.0 Å². The molecule has 45 heavy (non-hydrogen) atoms. The van der Waals surface area contributed by atoms with Crippen molar-refractivity contribution in [3.8, 4) is 5.75 Å². The van der Waals surface area contributed by atoms with Crippen molar-refractivity contribution in [3.05, 3.63) is 128 Å². The molecule has 0 aliphatic carbocycles. The molecule has 11 heteroatoms. The van der Waals surface area contributed by atoms with Gasteiger partial charge in [-0.2, -0.15) is 5.10 Å². The maximum Gasteiger partial charge on any atom is 0.336 e. The number of benzene rings is 3. The minimum Gasteiger partial charge on any atom is -0.489 e. The first-order valence-corrected chi connectivity index (χ1v) is 14.8. The van der Waals surface area contributed by atoms with Crippen molar-refractivity contribution in [3.63, 3.8) is 0 Å². The van der Waals surface area contributed by atoms with Crippen LogP contribution in [0.1, 0.15) is 55.7 Å².